The van der Waals surface area contributed by atoms with Crippen molar-refractivity contribution in [3.8, 4) is 11.8 Å². The van der Waals surface area contributed by atoms with Crippen molar-refractivity contribution in [2.45, 2.75) is 49.9 Å². The van der Waals surface area contributed by atoms with Crippen LogP contribution in [0.2, 0.25) is 5.02 Å². The number of aromatic nitrogens is 3. The van der Waals surface area contributed by atoms with Crippen LogP contribution in [0.25, 0.3) is 0 Å². The maximum absolute atomic E-state index is 13.1. The van der Waals surface area contributed by atoms with Gasteiger partial charge in [0.1, 0.15) is 11.8 Å². The lowest BCUT2D eigenvalue weighted by atomic mass is 10.1. The van der Waals surface area contributed by atoms with E-state index in [1.807, 2.05) is 24.3 Å². The van der Waals surface area contributed by atoms with Gasteiger partial charge in [0.25, 0.3) is 11.8 Å². The number of methoxy groups -OCH3 is 2. The van der Waals surface area contributed by atoms with Crippen molar-refractivity contribution < 1.29 is 46.6 Å². The predicted molar refractivity (Wildman–Crippen MR) is 194 cm³/mol. The fraction of sp³-hybridized carbons (Fsp3) is 0.324. The molecule has 290 valence electrons. The quantitative estimate of drug-likeness (QED) is 0.0756. The number of carbonyl (C=O) groups excluding carboxylic acids is 4. The highest BCUT2D eigenvalue weighted by Crippen LogP contribution is 2.48. The molecular weight excluding hydrogens is 747 g/mol. The lowest BCUT2D eigenvalue weighted by Crippen LogP contribution is -2.42. The zero-order valence-corrected chi connectivity index (χ0v) is 30.4. The summed E-state index contributed by atoms with van der Waals surface area (Å²) in [6.45, 7) is -1.41. The lowest BCUT2D eigenvalue weighted by Gasteiger charge is -2.19. The van der Waals surface area contributed by atoms with Gasteiger partial charge in [-0.25, -0.2) is 4.79 Å². The minimum Gasteiger partial charge on any atom is -0.497 e. The van der Waals surface area contributed by atoms with Crippen molar-refractivity contribution >= 4 is 52.8 Å². The molecule has 1 aliphatic carbocycles. The number of nitrogens with one attached hydrogen (secondary N) is 4. The van der Waals surface area contributed by atoms with Crippen LogP contribution in [-0.4, -0.2) is 78.1 Å². The van der Waals surface area contributed by atoms with Gasteiger partial charge in [-0.15, -0.1) is 0 Å². The number of ether oxygens (including phenoxy) is 3. The number of ketones is 1. The summed E-state index contributed by atoms with van der Waals surface area (Å²) in [7, 11) is 2.68. The minimum atomic E-state index is -4.64. The third kappa shape index (κ3) is 11.8. The average Bonchev–Trinajstić information content (AvgIpc) is 3.95. The fourth-order valence-corrected chi connectivity index (χ4v) is 5.47. The third-order valence-electron chi connectivity index (χ3n) is 8.44. The van der Waals surface area contributed by atoms with Crippen LogP contribution in [0, 0.1) is 0 Å². The van der Waals surface area contributed by atoms with Gasteiger partial charge in [0.15, 0.2) is 6.61 Å². The molecule has 14 nitrogen and oxygen atoms in total. The Kier molecular flexibility index (Phi) is 13.1. The Bertz CT molecular complexity index is 1980. The highest BCUT2D eigenvalue weighted by Gasteiger charge is 2.45. The van der Waals surface area contributed by atoms with Crippen LogP contribution in [0.5, 0.6) is 11.8 Å². The summed E-state index contributed by atoms with van der Waals surface area (Å²) < 4.78 is 53.6. The molecule has 0 unspecified atom stereocenters. The molecule has 0 radical (unpaired) electrons. The van der Waals surface area contributed by atoms with Crippen molar-refractivity contribution in [1.29, 1.82) is 0 Å². The second-order valence-electron chi connectivity index (χ2n) is 12.5. The molecule has 1 fully saturated rings. The van der Waals surface area contributed by atoms with E-state index in [0.29, 0.717) is 35.7 Å². The topological polar surface area (TPSA) is 183 Å². The Morgan fingerprint density at radius 1 is 0.891 bits per heavy atom. The molecule has 1 aliphatic rings. The minimum absolute atomic E-state index is 0.0310. The van der Waals surface area contributed by atoms with Gasteiger partial charge in [0.05, 0.1) is 19.8 Å². The number of carbonyl (C=O) groups is 4. The van der Waals surface area contributed by atoms with E-state index in [-0.39, 0.29) is 36.8 Å². The third-order valence-corrected chi connectivity index (χ3v) is 8.70. The Morgan fingerprint density at radius 3 is 2.18 bits per heavy atom. The maximum atomic E-state index is 13.1. The zero-order chi connectivity index (χ0) is 39.6. The lowest BCUT2D eigenvalue weighted by molar-refractivity contribution is -0.154. The van der Waals surface area contributed by atoms with Crippen molar-refractivity contribution in [1.82, 2.24) is 25.6 Å². The number of rotatable bonds is 18. The number of hydrogen-bond donors (Lipinski definition) is 4. The van der Waals surface area contributed by atoms with E-state index < -0.39 is 53.9 Å². The Labute approximate surface area is 318 Å². The second-order valence-corrected chi connectivity index (χ2v) is 12.9. The number of esters is 1. The number of Topliss-reactive ketones (excluding diaryl/α,β-unsaturated/α-hetero) is 1. The van der Waals surface area contributed by atoms with Crippen molar-refractivity contribution in [2.24, 2.45) is 0 Å². The summed E-state index contributed by atoms with van der Waals surface area (Å²) >= 11 is 6.03. The number of nitrogens with zero attached hydrogens (tertiary/aromatic N) is 3. The highest BCUT2D eigenvalue weighted by atomic mass is 35.5. The SMILES string of the molecule is COC(=O)[C@H](CCC(=O)C(=O)NCCc1ccc(OC)cc1)NC(=O)c1ccc(Nc2nc(NC3(c4ccc(Cl)cc4)CC3)nc(OCC(F)(F)F)n2)cc1. The molecule has 3 aromatic carbocycles. The monoisotopic (exact) mass is 783 g/mol. The van der Waals surface area contributed by atoms with E-state index in [1.165, 1.54) is 24.3 Å². The molecular formula is C37H37ClF3N7O7. The molecule has 2 amide bonds. The molecule has 18 heteroatoms. The molecule has 4 aromatic rings. The smallest absolute Gasteiger partial charge is 0.422 e. The van der Waals surface area contributed by atoms with E-state index in [9.17, 15) is 32.3 Å². The first-order chi connectivity index (χ1) is 26.3. The summed E-state index contributed by atoms with van der Waals surface area (Å²) in [5, 5.41) is 11.7. The molecule has 0 spiro atoms. The summed E-state index contributed by atoms with van der Waals surface area (Å²) in [6.07, 6.45) is -3.28. The maximum Gasteiger partial charge on any atom is 0.422 e. The van der Waals surface area contributed by atoms with E-state index >= 15 is 0 Å². The number of anilines is 3. The van der Waals surface area contributed by atoms with E-state index in [2.05, 4.69) is 36.2 Å². The molecule has 1 heterocycles. The van der Waals surface area contributed by atoms with Gasteiger partial charge >= 0.3 is 18.2 Å². The first kappa shape index (κ1) is 40.2. The van der Waals surface area contributed by atoms with E-state index in [0.717, 1.165) is 18.2 Å². The average molecular weight is 784 g/mol. The van der Waals surface area contributed by atoms with Gasteiger partial charge in [-0.3, -0.25) is 14.4 Å². The fourth-order valence-electron chi connectivity index (χ4n) is 5.34. The van der Waals surface area contributed by atoms with E-state index in [4.69, 9.17) is 25.8 Å². The van der Waals surface area contributed by atoms with Crippen LogP contribution in [-0.2, 0) is 31.1 Å². The van der Waals surface area contributed by atoms with Gasteiger partial charge in [0, 0.05) is 29.2 Å². The molecule has 0 bridgehead atoms. The molecule has 0 aliphatic heterocycles. The van der Waals surface area contributed by atoms with Crippen LogP contribution >= 0.6 is 11.6 Å². The zero-order valence-electron chi connectivity index (χ0n) is 29.7. The number of benzene rings is 3. The number of alkyl halides is 3. The molecule has 5 rings (SSSR count). The van der Waals surface area contributed by atoms with Crippen LogP contribution in [0.1, 0.15) is 47.2 Å². The van der Waals surface area contributed by atoms with E-state index in [1.54, 1.807) is 31.4 Å². The summed E-state index contributed by atoms with van der Waals surface area (Å²) in [6, 6.07) is 18.3. The molecule has 1 aromatic heterocycles. The number of hydrogen-bond acceptors (Lipinski definition) is 12. The van der Waals surface area contributed by atoms with Gasteiger partial charge in [0.2, 0.25) is 17.7 Å². The van der Waals surface area contributed by atoms with Gasteiger partial charge in [-0.2, -0.15) is 28.1 Å². The van der Waals surface area contributed by atoms with Crippen LogP contribution in [0.3, 0.4) is 0 Å². The standard InChI is InChI=1S/C37H37ClF3N7O7/c1-53-27-13-3-22(4-14-27)17-20-42-31(51)29(49)16-15-28(32(52)54-2)44-30(50)23-5-11-26(12-6-23)43-33-45-34(47-35(46-33)55-21-37(39,40)41)48-36(18-19-36)24-7-9-25(38)10-8-24/h3-14,28H,15-21H2,1-2H3,(H,42,51)(H,44,50)(H2,43,45,46,47,48)/t28-/m0/s1. The largest absolute Gasteiger partial charge is 0.497 e. The van der Waals surface area contributed by atoms with Gasteiger partial charge in [-0.1, -0.05) is 35.9 Å². The molecule has 4 N–H and O–H groups in total. The van der Waals surface area contributed by atoms with Crippen LogP contribution in [0.15, 0.2) is 72.8 Å². The Balaban J connectivity index is 1.18. The summed E-state index contributed by atoms with van der Waals surface area (Å²) in [5.41, 5.74) is 1.73. The van der Waals surface area contributed by atoms with Crippen molar-refractivity contribution in [3.63, 3.8) is 0 Å². The number of halogens is 4. The highest BCUT2D eigenvalue weighted by molar-refractivity contribution is 6.36. The first-order valence-corrected chi connectivity index (χ1v) is 17.3. The second kappa shape index (κ2) is 17.9. The summed E-state index contributed by atoms with van der Waals surface area (Å²) in [5.74, 6) is -2.56. The first-order valence-electron chi connectivity index (χ1n) is 17.0. The van der Waals surface area contributed by atoms with Crippen molar-refractivity contribution in [2.75, 3.05) is 38.0 Å². The Morgan fingerprint density at radius 2 is 1.56 bits per heavy atom. The van der Waals surface area contributed by atoms with Gasteiger partial charge in [-0.05, 0) is 85.3 Å². The molecule has 55 heavy (non-hydrogen) atoms. The van der Waals surface area contributed by atoms with Crippen LogP contribution < -0.4 is 30.7 Å². The summed E-state index contributed by atoms with van der Waals surface area (Å²) in [4.78, 5) is 62.8. The normalized spacial score (nSPS) is 13.5. The predicted octanol–water partition coefficient (Wildman–Crippen LogP) is 5.30. The Hall–Kier alpha value is -5.97. The molecule has 0 saturated heterocycles. The molecule has 1 saturated carbocycles. The molecule has 1 atom stereocenters. The van der Waals surface area contributed by atoms with Crippen LogP contribution in [0.4, 0.5) is 30.8 Å². The van der Waals surface area contributed by atoms with Crippen molar-refractivity contribution in [3.05, 3.63) is 94.5 Å². The van der Waals surface area contributed by atoms with Gasteiger partial charge < -0.3 is 35.5 Å². The number of amides is 2.